The number of carbonyl (C=O) groups excluding carboxylic acids is 2. The van der Waals surface area contributed by atoms with Gasteiger partial charge in [-0.3, -0.25) is 20.4 Å². The Morgan fingerprint density at radius 3 is 1.25 bits per heavy atom. The summed E-state index contributed by atoms with van der Waals surface area (Å²) in [5.41, 5.74) is 7.10. The molecule has 4 aromatic rings. The molecule has 0 unspecified atom stereocenters. The molecule has 0 aromatic heterocycles. The van der Waals surface area contributed by atoms with E-state index in [-0.39, 0.29) is 93.0 Å². The number of fused-ring (bicyclic) bond motifs is 2. The SMILES string of the molecule is O=C1C=Cc2ccccc2/C1=N/Nc1ccc(-c2ccc(N/N=C3/C(=O)C=Cc4ccccc43)cc2S(=O)(=O)[O-])c(S(=O)(=O)[O-])c1.[Na+].[Na+]. The summed E-state index contributed by atoms with van der Waals surface area (Å²) in [6, 6.07) is 20.7. The van der Waals surface area contributed by atoms with E-state index in [0.29, 0.717) is 11.1 Å². The molecule has 2 aliphatic carbocycles. The summed E-state index contributed by atoms with van der Waals surface area (Å²) in [7, 11) is -10.5. The van der Waals surface area contributed by atoms with Crippen LogP contribution in [0.25, 0.3) is 23.3 Å². The van der Waals surface area contributed by atoms with Gasteiger partial charge in [-0.05, 0) is 47.5 Å². The van der Waals surface area contributed by atoms with E-state index in [9.17, 15) is 35.5 Å². The molecule has 12 nitrogen and oxygen atoms in total. The van der Waals surface area contributed by atoms with Crippen LogP contribution in [0, 0.1) is 0 Å². The molecule has 4 aromatic carbocycles. The molecule has 0 heterocycles. The van der Waals surface area contributed by atoms with Gasteiger partial charge in [0.1, 0.15) is 31.7 Å². The Morgan fingerprint density at radius 2 is 0.875 bits per heavy atom. The van der Waals surface area contributed by atoms with Crippen LogP contribution in [0.3, 0.4) is 0 Å². The number of hydrogen-bond donors (Lipinski definition) is 2. The molecule has 48 heavy (non-hydrogen) atoms. The maximum atomic E-state index is 12.5. The van der Waals surface area contributed by atoms with Gasteiger partial charge in [0.05, 0.1) is 21.2 Å². The van der Waals surface area contributed by atoms with Crippen LogP contribution in [0.4, 0.5) is 11.4 Å². The summed E-state index contributed by atoms with van der Waals surface area (Å²) < 4.78 is 74.2. The van der Waals surface area contributed by atoms with Gasteiger partial charge in [-0.1, -0.05) is 72.8 Å². The van der Waals surface area contributed by atoms with Gasteiger partial charge in [0.25, 0.3) is 0 Å². The number of carbonyl (C=O) groups is 2. The Balaban J connectivity index is 0.00000260. The van der Waals surface area contributed by atoms with Crippen molar-refractivity contribution in [1.82, 2.24) is 0 Å². The van der Waals surface area contributed by atoms with Gasteiger partial charge in [-0.2, -0.15) is 10.2 Å². The van der Waals surface area contributed by atoms with Crippen molar-refractivity contribution in [3.05, 3.63) is 119 Å². The van der Waals surface area contributed by atoms with Crippen LogP contribution in [0.1, 0.15) is 22.3 Å². The van der Waals surface area contributed by atoms with Crippen molar-refractivity contribution >= 4 is 66.8 Å². The summed E-state index contributed by atoms with van der Waals surface area (Å²) >= 11 is 0. The smallest absolute Gasteiger partial charge is 0.744 e. The zero-order chi connectivity index (χ0) is 32.6. The Labute approximate surface area is 319 Å². The number of rotatable bonds is 7. The van der Waals surface area contributed by atoms with Crippen molar-refractivity contribution in [2.75, 3.05) is 10.9 Å². The molecule has 0 radical (unpaired) electrons. The monoisotopic (exact) mass is 698 g/mol. The zero-order valence-corrected chi connectivity index (χ0v) is 31.0. The average molecular weight is 699 g/mol. The van der Waals surface area contributed by atoms with Gasteiger partial charge in [0.15, 0.2) is 0 Å². The molecule has 16 heteroatoms. The second kappa shape index (κ2) is 14.9. The zero-order valence-electron chi connectivity index (χ0n) is 25.4. The molecule has 0 saturated carbocycles. The van der Waals surface area contributed by atoms with E-state index in [2.05, 4.69) is 21.1 Å². The first-order valence-electron chi connectivity index (χ1n) is 13.4. The van der Waals surface area contributed by atoms with Crippen molar-refractivity contribution in [1.29, 1.82) is 0 Å². The van der Waals surface area contributed by atoms with Crippen LogP contribution in [0.5, 0.6) is 0 Å². The molecule has 0 amide bonds. The number of benzene rings is 4. The molecule has 2 N–H and O–H groups in total. The van der Waals surface area contributed by atoms with E-state index in [1.54, 1.807) is 60.7 Å². The molecule has 0 saturated heterocycles. The van der Waals surface area contributed by atoms with E-state index in [1.165, 1.54) is 24.3 Å². The minimum absolute atomic E-state index is 0. The molecule has 0 spiro atoms. The van der Waals surface area contributed by atoms with E-state index in [1.807, 2.05) is 0 Å². The van der Waals surface area contributed by atoms with Crippen LogP contribution < -0.4 is 70.0 Å². The number of hydrazone groups is 2. The quantitative estimate of drug-likeness (QED) is 0.124. The van der Waals surface area contributed by atoms with E-state index >= 15 is 0 Å². The second-order valence-corrected chi connectivity index (χ2v) is 12.7. The van der Waals surface area contributed by atoms with Gasteiger partial charge >= 0.3 is 59.1 Å². The van der Waals surface area contributed by atoms with E-state index in [0.717, 1.165) is 35.4 Å². The number of nitrogens with zero attached hydrogens (tertiary/aromatic N) is 2. The van der Waals surface area contributed by atoms with E-state index < -0.39 is 41.6 Å². The second-order valence-electron chi connectivity index (χ2n) is 10.0. The molecular weight excluding hydrogens is 678 g/mol. The number of anilines is 2. The molecular formula is C32H20N4Na2O8S2. The van der Waals surface area contributed by atoms with Crippen LogP contribution in [-0.4, -0.2) is 48.9 Å². The average Bonchev–Trinajstić information content (AvgIpc) is 3.03. The molecule has 230 valence electrons. The molecule has 0 fully saturated rings. The van der Waals surface area contributed by atoms with Crippen LogP contribution >= 0.6 is 0 Å². The van der Waals surface area contributed by atoms with Crippen LogP contribution in [0.15, 0.2) is 117 Å². The first-order chi connectivity index (χ1) is 21.9. The minimum Gasteiger partial charge on any atom is -0.744 e. The molecule has 0 atom stereocenters. The number of allylic oxidation sites excluding steroid dienone is 2. The summed E-state index contributed by atoms with van der Waals surface area (Å²) in [6.45, 7) is 0. The van der Waals surface area contributed by atoms with Gasteiger partial charge in [-0.15, -0.1) is 0 Å². The van der Waals surface area contributed by atoms with Gasteiger partial charge in [0, 0.05) is 22.3 Å². The maximum Gasteiger partial charge on any atom is 1.00 e. The Morgan fingerprint density at radius 1 is 0.500 bits per heavy atom. The Kier molecular flexibility index (Phi) is 11.6. The van der Waals surface area contributed by atoms with Crippen molar-refractivity contribution < 1.29 is 94.6 Å². The fourth-order valence-corrected chi connectivity index (χ4v) is 6.42. The first-order valence-corrected chi connectivity index (χ1v) is 16.2. The summed E-state index contributed by atoms with van der Waals surface area (Å²) in [5, 5.41) is 8.24. The number of hydrogen-bond acceptors (Lipinski definition) is 12. The third-order valence-electron chi connectivity index (χ3n) is 7.11. The Hall–Kier alpha value is -3.54. The van der Waals surface area contributed by atoms with Crippen molar-refractivity contribution in [2.24, 2.45) is 10.2 Å². The van der Waals surface area contributed by atoms with Gasteiger partial charge in [-0.25, -0.2) is 16.8 Å². The van der Waals surface area contributed by atoms with Crippen molar-refractivity contribution in [2.45, 2.75) is 9.79 Å². The van der Waals surface area contributed by atoms with Gasteiger partial charge < -0.3 is 9.11 Å². The largest absolute Gasteiger partial charge is 1.00 e. The van der Waals surface area contributed by atoms with Crippen molar-refractivity contribution in [3.63, 3.8) is 0 Å². The first kappa shape index (κ1) is 37.3. The topological polar surface area (TPSA) is 197 Å². The van der Waals surface area contributed by atoms with Crippen LogP contribution in [-0.2, 0) is 29.8 Å². The molecule has 0 aliphatic heterocycles. The van der Waals surface area contributed by atoms with Crippen LogP contribution in [0.2, 0.25) is 0 Å². The fraction of sp³-hybridized carbons (Fsp3) is 0. The summed E-state index contributed by atoms with van der Waals surface area (Å²) in [4.78, 5) is 23.3. The standard InChI is InChI=1S/C32H22N4O8S2.2Na/c37-27-15-9-19-5-1-3-7-23(19)31(27)35-33-21-11-13-25(29(17-21)45(39,40)41)26-14-12-22(18-30(26)46(42,43)44)34-36-32-24-8-4-2-6-20(24)10-16-28(32)38;;/h1-18,33-34H,(H,39,40,41)(H,42,43,44);;/q;2*+1/p-2/b35-31-,36-32+;;. The molecule has 2 aliphatic rings. The fourth-order valence-electron chi connectivity index (χ4n) is 4.98. The van der Waals surface area contributed by atoms with Gasteiger partial charge in [0.2, 0.25) is 11.6 Å². The molecule has 0 bridgehead atoms. The maximum absolute atomic E-state index is 12.5. The third kappa shape index (κ3) is 7.84. The van der Waals surface area contributed by atoms with Crippen molar-refractivity contribution in [3.8, 4) is 11.1 Å². The summed E-state index contributed by atoms with van der Waals surface area (Å²) in [5.74, 6) is -0.811. The van der Waals surface area contributed by atoms with E-state index in [4.69, 9.17) is 0 Å². The summed E-state index contributed by atoms with van der Waals surface area (Å²) in [6.07, 6.45) is 5.93. The third-order valence-corrected chi connectivity index (χ3v) is 8.87. The number of nitrogens with one attached hydrogen (secondary N) is 2. The normalized spacial score (nSPS) is 15.3. The predicted octanol–water partition coefficient (Wildman–Crippen LogP) is -2.01. The minimum atomic E-state index is -5.23. The molecule has 6 rings (SSSR count). The predicted molar refractivity (Wildman–Crippen MR) is 169 cm³/mol. The Bertz CT molecular complexity index is 2160. The number of ketones is 2.